The Bertz CT molecular complexity index is 554. The number of benzene rings is 1. The molecule has 1 saturated heterocycles. The van der Waals surface area contributed by atoms with E-state index in [-0.39, 0.29) is 11.9 Å². The van der Waals surface area contributed by atoms with E-state index in [1.165, 1.54) is 0 Å². The highest BCUT2D eigenvalue weighted by atomic mass is 16.5. The van der Waals surface area contributed by atoms with E-state index in [4.69, 9.17) is 4.74 Å². The van der Waals surface area contributed by atoms with Crippen LogP contribution in [0.4, 0.5) is 10.5 Å². The molecule has 6 heteroatoms. The minimum Gasteiger partial charge on any atom is -0.450 e. The summed E-state index contributed by atoms with van der Waals surface area (Å²) >= 11 is 0. The number of amides is 2. The predicted molar refractivity (Wildman–Crippen MR) is 94.3 cm³/mol. The van der Waals surface area contributed by atoms with Gasteiger partial charge in [0.15, 0.2) is 0 Å². The molecule has 0 aliphatic carbocycles. The Kier molecular flexibility index (Phi) is 7.06. The summed E-state index contributed by atoms with van der Waals surface area (Å²) in [5.41, 5.74) is 1.10. The molecule has 1 aromatic rings. The molecule has 0 aromatic heterocycles. The number of hydrogen-bond donors (Lipinski definition) is 2. The second-order valence-corrected chi connectivity index (χ2v) is 6.02. The largest absolute Gasteiger partial charge is 0.450 e. The number of piperidine rings is 1. The van der Waals surface area contributed by atoms with Crippen molar-refractivity contribution in [3.63, 3.8) is 0 Å². The molecule has 132 valence electrons. The fraction of sp³-hybridized carbons (Fsp3) is 0.556. The smallest absolute Gasteiger partial charge is 0.411 e. The maximum atomic E-state index is 12.4. The third-order valence-corrected chi connectivity index (χ3v) is 4.11. The monoisotopic (exact) mass is 333 g/mol. The van der Waals surface area contributed by atoms with E-state index >= 15 is 0 Å². The lowest BCUT2D eigenvalue weighted by Crippen LogP contribution is -2.44. The van der Waals surface area contributed by atoms with Gasteiger partial charge in [-0.25, -0.2) is 4.79 Å². The normalized spacial score (nSPS) is 15.8. The highest BCUT2D eigenvalue weighted by molar-refractivity contribution is 5.96. The van der Waals surface area contributed by atoms with Crippen molar-refractivity contribution in [2.24, 2.45) is 0 Å². The molecule has 1 heterocycles. The Morgan fingerprint density at radius 2 is 2.00 bits per heavy atom. The Balaban J connectivity index is 1.87. The first kappa shape index (κ1) is 18.3. The third kappa shape index (κ3) is 5.53. The molecule has 1 aliphatic heterocycles. The molecular formula is C18H27N3O3. The summed E-state index contributed by atoms with van der Waals surface area (Å²) in [6, 6.07) is 7.11. The minimum absolute atomic E-state index is 0.101. The van der Waals surface area contributed by atoms with Gasteiger partial charge in [0.2, 0.25) is 0 Å². The van der Waals surface area contributed by atoms with E-state index < -0.39 is 6.09 Å². The molecule has 2 N–H and O–H groups in total. The Labute approximate surface area is 143 Å². The molecule has 1 fully saturated rings. The van der Waals surface area contributed by atoms with Crippen LogP contribution in [0.25, 0.3) is 0 Å². The Morgan fingerprint density at radius 3 is 2.67 bits per heavy atom. The number of nitrogens with one attached hydrogen (secondary N) is 2. The summed E-state index contributed by atoms with van der Waals surface area (Å²) in [5.74, 6) is -0.101. The summed E-state index contributed by atoms with van der Waals surface area (Å²) < 4.78 is 4.84. The average Bonchev–Trinajstić information content (AvgIpc) is 2.57. The summed E-state index contributed by atoms with van der Waals surface area (Å²) in [7, 11) is 0. The standard InChI is InChI=1S/C18H27N3O3/c1-3-10-21-11-8-15(9-12-21)19-17(22)14-6-5-7-16(13-14)20-18(23)24-4-2/h5-7,13,15H,3-4,8-12H2,1-2H3,(H,19,22)(H,20,23). The summed E-state index contributed by atoms with van der Waals surface area (Å²) in [6.45, 7) is 7.43. The van der Waals surface area contributed by atoms with Gasteiger partial charge in [-0.15, -0.1) is 0 Å². The molecule has 0 unspecified atom stereocenters. The SMILES string of the molecule is CCCN1CCC(NC(=O)c2cccc(NC(=O)OCC)c2)CC1. The van der Waals surface area contributed by atoms with Gasteiger partial charge in [0.1, 0.15) is 0 Å². The number of rotatable bonds is 6. The first-order valence-electron chi connectivity index (χ1n) is 8.69. The van der Waals surface area contributed by atoms with Crippen LogP contribution < -0.4 is 10.6 Å². The van der Waals surface area contributed by atoms with Crippen LogP contribution >= 0.6 is 0 Å². The predicted octanol–water partition coefficient (Wildman–Crippen LogP) is 2.86. The number of ether oxygens (including phenoxy) is 1. The number of nitrogens with zero attached hydrogens (tertiary/aromatic N) is 1. The van der Waals surface area contributed by atoms with Gasteiger partial charge >= 0.3 is 6.09 Å². The fourth-order valence-corrected chi connectivity index (χ4v) is 2.91. The Hall–Kier alpha value is -2.08. The minimum atomic E-state index is -0.515. The topological polar surface area (TPSA) is 70.7 Å². The van der Waals surface area contributed by atoms with E-state index in [1.54, 1.807) is 31.2 Å². The molecule has 2 amide bonds. The highest BCUT2D eigenvalue weighted by Crippen LogP contribution is 2.14. The molecular weight excluding hydrogens is 306 g/mol. The molecule has 6 nitrogen and oxygen atoms in total. The lowest BCUT2D eigenvalue weighted by Gasteiger charge is -2.32. The lowest BCUT2D eigenvalue weighted by atomic mass is 10.0. The second-order valence-electron chi connectivity index (χ2n) is 6.02. The fourth-order valence-electron chi connectivity index (χ4n) is 2.91. The maximum absolute atomic E-state index is 12.4. The van der Waals surface area contributed by atoms with Crippen molar-refractivity contribution in [1.82, 2.24) is 10.2 Å². The van der Waals surface area contributed by atoms with Gasteiger partial charge in [-0.05, 0) is 50.9 Å². The van der Waals surface area contributed by atoms with Crippen molar-refractivity contribution in [2.75, 3.05) is 31.6 Å². The number of hydrogen-bond acceptors (Lipinski definition) is 4. The second kappa shape index (κ2) is 9.27. The summed E-state index contributed by atoms with van der Waals surface area (Å²) in [6.07, 6.45) is 2.61. The molecule has 0 atom stereocenters. The third-order valence-electron chi connectivity index (χ3n) is 4.11. The van der Waals surface area contributed by atoms with Crippen molar-refractivity contribution in [2.45, 2.75) is 39.2 Å². The number of anilines is 1. The number of carbonyl (C=O) groups is 2. The van der Waals surface area contributed by atoms with Crippen LogP contribution in [0.5, 0.6) is 0 Å². The van der Waals surface area contributed by atoms with Gasteiger partial charge in [-0.1, -0.05) is 13.0 Å². The quantitative estimate of drug-likeness (QED) is 0.840. The molecule has 0 radical (unpaired) electrons. The van der Waals surface area contributed by atoms with Crippen molar-refractivity contribution >= 4 is 17.7 Å². The van der Waals surface area contributed by atoms with Crippen LogP contribution in [0.15, 0.2) is 24.3 Å². The van der Waals surface area contributed by atoms with E-state index in [9.17, 15) is 9.59 Å². The van der Waals surface area contributed by atoms with Gasteiger partial charge in [0.05, 0.1) is 6.61 Å². The highest BCUT2D eigenvalue weighted by Gasteiger charge is 2.20. The zero-order valence-corrected chi connectivity index (χ0v) is 14.5. The average molecular weight is 333 g/mol. The molecule has 24 heavy (non-hydrogen) atoms. The van der Waals surface area contributed by atoms with Crippen LogP contribution in [0.3, 0.4) is 0 Å². The van der Waals surface area contributed by atoms with Crippen molar-refractivity contribution in [3.05, 3.63) is 29.8 Å². The van der Waals surface area contributed by atoms with Gasteiger partial charge in [0.25, 0.3) is 5.91 Å². The summed E-state index contributed by atoms with van der Waals surface area (Å²) in [4.78, 5) is 26.3. The molecule has 0 bridgehead atoms. The van der Waals surface area contributed by atoms with Crippen LogP contribution in [0, 0.1) is 0 Å². The van der Waals surface area contributed by atoms with E-state index in [0.29, 0.717) is 17.9 Å². The zero-order chi connectivity index (χ0) is 17.4. The summed E-state index contributed by atoms with van der Waals surface area (Å²) in [5, 5.41) is 5.71. The molecule has 0 saturated carbocycles. The number of carbonyl (C=O) groups excluding carboxylic acids is 2. The van der Waals surface area contributed by atoms with Crippen molar-refractivity contribution in [3.8, 4) is 0 Å². The van der Waals surface area contributed by atoms with Crippen molar-refractivity contribution in [1.29, 1.82) is 0 Å². The molecule has 1 aromatic carbocycles. The van der Waals surface area contributed by atoms with Crippen LogP contribution in [0.2, 0.25) is 0 Å². The van der Waals surface area contributed by atoms with Crippen LogP contribution in [0.1, 0.15) is 43.5 Å². The van der Waals surface area contributed by atoms with Crippen LogP contribution in [-0.4, -0.2) is 49.2 Å². The Morgan fingerprint density at radius 1 is 1.25 bits per heavy atom. The molecule has 1 aliphatic rings. The van der Waals surface area contributed by atoms with Crippen LogP contribution in [-0.2, 0) is 4.74 Å². The molecule has 2 rings (SSSR count). The van der Waals surface area contributed by atoms with Crippen molar-refractivity contribution < 1.29 is 14.3 Å². The van der Waals surface area contributed by atoms with Gasteiger partial charge in [-0.2, -0.15) is 0 Å². The first-order valence-corrected chi connectivity index (χ1v) is 8.69. The van der Waals surface area contributed by atoms with E-state index in [2.05, 4.69) is 22.5 Å². The van der Waals surface area contributed by atoms with Gasteiger partial charge < -0.3 is 15.0 Å². The number of likely N-dealkylation sites (tertiary alicyclic amines) is 1. The van der Waals surface area contributed by atoms with E-state index in [0.717, 1.165) is 38.9 Å². The van der Waals surface area contributed by atoms with Gasteiger partial charge in [-0.3, -0.25) is 10.1 Å². The van der Waals surface area contributed by atoms with E-state index in [1.807, 2.05) is 0 Å². The maximum Gasteiger partial charge on any atom is 0.411 e. The van der Waals surface area contributed by atoms with Gasteiger partial charge in [0, 0.05) is 30.4 Å². The molecule has 0 spiro atoms. The lowest BCUT2D eigenvalue weighted by molar-refractivity contribution is 0.0911. The zero-order valence-electron chi connectivity index (χ0n) is 14.5. The first-order chi connectivity index (χ1) is 11.6.